The highest BCUT2D eigenvalue weighted by atomic mass is 79.9. The zero-order valence-electron chi connectivity index (χ0n) is 19.6. The Morgan fingerprint density at radius 3 is 2.46 bits per heavy atom. The van der Waals surface area contributed by atoms with E-state index in [1.54, 1.807) is 0 Å². The number of H-pyrrole nitrogens is 1. The lowest BCUT2D eigenvalue weighted by molar-refractivity contribution is -0.145. The molecular formula is C26H31BrN4O4. The van der Waals surface area contributed by atoms with Crippen LogP contribution in [0, 0.1) is 0 Å². The Labute approximate surface area is 215 Å². The lowest BCUT2D eigenvalue weighted by Gasteiger charge is -2.23. The first-order chi connectivity index (χ1) is 16.5. The number of esters is 1. The highest BCUT2D eigenvalue weighted by Crippen LogP contribution is 2.19. The van der Waals surface area contributed by atoms with Gasteiger partial charge in [-0.05, 0) is 36.6 Å². The number of aromatic amines is 1. The van der Waals surface area contributed by atoms with Gasteiger partial charge >= 0.3 is 5.97 Å². The van der Waals surface area contributed by atoms with Crippen molar-refractivity contribution >= 4 is 45.7 Å². The first kappa shape index (κ1) is 26.4. The van der Waals surface area contributed by atoms with E-state index in [0.29, 0.717) is 0 Å². The van der Waals surface area contributed by atoms with Crippen LogP contribution in [0.4, 0.5) is 0 Å². The monoisotopic (exact) mass is 542 g/mol. The third-order valence-corrected chi connectivity index (χ3v) is 6.19. The van der Waals surface area contributed by atoms with E-state index in [2.05, 4.69) is 20.9 Å². The Balaban J connectivity index is 0.00000342. The second-order valence-corrected chi connectivity index (χ2v) is 8.55. The van der Waals surface area contributed by atoms with Gasteiger partial charge in [0.1, 0.15) is 12.1 Å². The molecule has 3 aromatic rings. The van der Waals surface area contributed by atoms with Crippen LogP contribution in [0.1, 0.15) is 24.0 Å². The van der Waals surface area contributed by atoms with Crippen LogP contribution in [0.5, 0.6) is 0 Å². The van der Waals surface area contributed by atoms with Gasteiger partial charge in [0.05, 0.1) is 13.2 Å². The molecule has 4 N–H and O–H groups in total. The largest absolute Gasteiger partial charge is 0.467 e. The van der Waals surface area contributed by atoms with E-state index in [0.717, 1.165) is 41.4 Å². The number of ether oxygens (including phenoxy) is 1. The van der Waals surface area contributed by atoms with Gasteiger partial charge in [0, 0.05) is 29.9 Å². The van der Waals surface area contributed by atoms with E-state index in [4.69, 9.17) is 4.74 Å². The lowest BCUT2D eigenvalue weighted by atomic mass is 10.0. The molecule has 9 heteroatoms. The average Bonchev–Trinajstić information content (AvgIpc) is 3.54. The molecule has 2 heterocycles. The maximum Gasteiger partial charge on any atom is 0.328 e. The summed E-state index contributed by atoms with van der Waals surface area (Å²) in [6.45, 7) is 0.777. The Morgan fingerprint density at radius 2 is 1.74 bits per heavy atom. The van der Waals surface area contributed by atoms with E-state index in [-0.39, 0.29) is 41.8 Å². The van der Waals surface area contributed by atoms with Gasteiger partial charge in [-0.15, -0.1) is 17.0 Å². The van der Waals surface area contributed by atoms with Gasteiger partial charge in [-0.25, -0.2) is 4.79 Å². The number of fused-ring (bicyclic) bond motifs is 1. The molecule has 3 atom stereocenters. The molecule has 0 spiro atoms. The second kappa shape index (κ2) is 12.5. The summed E-state index contributed by atoms with van der Waals surface area (Å²) in [5.74, 6) is -1.18. The number of carbonyl (C=O) groups is 3. The minimum Gasteiger partial charge on any atom is -0.467 e. The minimum absolute atomic E-state index is 0. The molecule has 1 aromatic heterocycles. The van der Waals surface area contributed by atoms with Crippen molar-refractivity contribution in [2.24, 2.45) is 0 Å². The topological polar surface area (TPSA) is 112 Å². The maximum absolute atomic E-state index is 13.4. The van der Waals surface area contributed by atoms with Gasteiger partial charge in [-0.1, -0.05) is 48.5 Å². The number of benzene rings is 2. The fourth-order valence-electron chi connectivity index (χ4n) is 4.37. The summed E-state index contributed by atoms with van der Waals surface area (Å²) < 4.78 is 4.94. The van der Waals surface area contributed by atoms with Gasteiger partial charge in [-0.2, -0.15) is 0 Å². The second-order valence-electron chi connectivity index (χ2n) is 8.55. The van der Waals surface area contributed by atoms with Crippen molar-refractivity contribution in [3.8, 4) is 0 Å². The molecule has 3 unspecified atom stereocenters. The van der Waals surface area contributed by atoms with Gasteiger partial charge < -0.3 is 25.7 Å². The molecule has 1 aliphatic rings. The molecule has 35 heavy (non-hydrogen) atoms. The third-order valence-electron chi connectivity index (χ3n) is 6.19. The Kier molecular flexibility index (Phi) is 9.45. The number of hydrogen-bond donors (Lipinski definition) is 4. The van der Waals surface area contributed by atoms with Crippen LogP contribution in [0.15, 0.2) is 60.8 Å². The molecule has 4 rings (SSSR count). The third kappa shape index (κ3) is 6.70. The summed E-state index contributed by atoms with van der Waals surface area (Å²) in [4.78, 5) is 41.9. The van der Waals surface area contributed by atoms with Gasteiger partial charge in [-0.3, -0.25) is 9.59 Å². The van der Waals surface area contributed by atoms with Gasteiger partial charge in [0.25, 0.3) is 0 Å². The number of methoxy groups -OCH3 is 1. The Hall–Kier alpha value is -3.17. The predicted molar refractivity (Wildman–Crippen MR) is 139 cm³/mol. The van der Waals surface area contributed by atoms with E-state index in [1.807, 2.05) is 60.8 Å². The normalized spacial score (nSPS) is 16.7. The Morgan fingerprint density at radius 1 is 1.00 bits per heavy atom. The lowest BCUT2D eigenvalue weighted by Crippen LogP contribution is -2.55. The first-order valence-electron chi connectivity index (χ1n) is 11.6. The van der Waals surface area contributed by atoms with Crippen molar-refractivity contribution in [2.45, 2.75) is 43.8 Å². The van der Waals surface area contributed by atoms with Crippen LogP contribution >= 0.6 is 17.0 Å². The number of rotatable bonds is 9. The summed E-state index contributed by atoms with van der Waals surface area (Å²) in [5.41, 5.74) is 2.76. The van der Waals surface area contributed by atoms with E-state index < -0.39 is 24.0 Å². The zero-order valence-corrected chi connectivity index (χ0v) is 21.3. The molecule has 8 nitrogen and oxygen atoms in total. The number of hydrogen-bond acceptors (Lipinski definition) is 5. The summed E-state index contributed by atoms with van der Waals surface area (Å²) >= 11 is 0. The highest BCUT2D eigenvalue weighted by molar-refractivity contribution is 8.93. The quantitative estimate of drug-likeness (QED) is 0.310. The molecule has 2 aromatic carbocycles. The molecule has 0 saturated carbocycles. The predicted octanol–water partition coefficient (Wildman–Crippen LogP) is 2.43. The molecule has 186 valence electrons. The molecule has 1 fully saturated rings. The summed E-state index contributed by atoms with van der Waals surface area (Å²) in [7, 11) is 1.30. The molecule has 0 aliphatic carbocycles. The SMILES string of the molecule is Br.COC(=O)C(Cc1ccccc1)NC(=O)C(Cc1c[nH]c2ccccc12)NC(=O)C1CCCN1. The molecule has 1 saturated heterocycles. The van der Waals surface area contributed by atoms with Gasteiger partial charge in [0.15, 0.2) is 0 Å². The zero-order chi connectivity index (χ0) is 23.9. The maximum atomic E-state index is 13.4. The van der Waals surface area contributed by atoms with Crippen molar-refractivity contribution in [1.82, 2.24) is 20.9 Å². The average molecular weight is 543 g/mol. The van der Waals surface area contributed by atoms with Gasteiger partial charge in [0.2, 0.25) is 11.8 Å². The summed E-state index contributed by atoms with van der Waals surface area (Å²) in [6.07, 6.45) is 4.07. The van der Waals surface area contributed by atoms with Crippen LogP contribution in [0.2, 0.25) is 0 Å². The number of nitrogens with one attached hydrogen (secondary N) is 4. The number of amides is 2. The van der Waals surface area contributed by atoms with Crippen molar-refractivity contribution in [2.75, 3.05) is 13.7 Å². The fourth-order valence-corrected chi connectivity index (χ4v) is 4.37. The minimum atomic E-state index is -0.869. The highest BCUT2D eigenvalue weighted by Gasteiger charge is 2.31. The van der Waals surface area contributed by atoms with Crippen LogP contribution in [-0.4, -0.2) is 54.5 Å². The standard InChI is InChI=1S/C26H30N4O4.BrH/c1-34-26(33)23(14-17-8-3-2-4-9-17)30-25(32)22(29-24(31)21-12-7-13-27-21)15-18-16-28-20-11-6-5-10-19(18)20;/h2-6,8-11,16,21-23,27-28H,7,12-15H2,1H3,(H,29,31)(H,30,32);1H. The summed E-state index contributed by atoms with van der Waals surface area (Å²) in [6, 6.07) is 15.2. The number of carbonyl (C=O) groups excluding carboxylic acids is 3. The van der Waals surface area contributed by atoms with Crippen LogP contribution in [0.3, 0.4) is 0 Å². The molecule has 1 aliphatic heterocycles. The van der Waals surface area contributed by atoms with Crippen molar-refractivity contribution in [1.29, 1.82) is 0 Å². The molecule has 2 amide bonds. The van der Waals surface area contributed by atoms with Crippen LogP contribution in [-0.2, 0) is 32.0 Å². The first-order valence-corrected chi connectivity index (χ1v) is 11.6. The van der Waals surface area contributed by atoms with Crippen LogP contribution < -0.4 is 16.0 Å². The number of para-hydroxylation sites is 1. The Bertz CT molecular complexity index is 1140. The fraction of sp³-hybridized carbons (Fsp3) is 0.346. The van der Waals surface area contributed by atoms with Crippen molar-refractivity contribution in [3.05, 3.63) is 71.9 Å². The van der Waals surface area contributed by atoms with Crippen molar-refractivity contribution < 1.29 is 19.1 Å². The van der Waals surface area contributed by atoms with Crippen LogP contribution in [0.25, 0.3) is 10.9 Å². The van der Waals surface area contributed by atoms with E-state index in [1.165, 1.54) is 7.11 Å². The van der Waals surface area contributed by atoms with E-state index >= 15 is 0 Å². The molecular weight excluding hydrogens is 512 g/mol. The summed E-state index contributed by atoms with van der Waals surface area (Å²) in [5, 5.41) is 9.88. The number of aromatic nitrogens is 1. The smallest absolute Gasteiger partial charge is 0.328 e. The number of halogens is 1. The molecule has 0 bridgehead atoms. The van der Waals surface area contributed by atoms with E-state index in [9.17, 15) is 14.4 Å². The van der Waals surface area contributed by atoms with Crippen molar-refractivity contribution in [3.63, 3.8) is 0 Å². The molecule has 0 radical (unpaired) electrons.